The van der Waals surface area contributed by atoms with E-state index in [0.29, 0.717) is 23.4 Å². The van der Waals surface area contributed by atoms with Crippen molar-refractivity contribution in [1.82, 2.24) is 10.3 Å². The smallest absolute Gasteiger partial charge is 0.262 e. The second kappa shape index (κ2) is 10.3. The van der Waals surface area contributed by atoms with Crippen LogP contribution in [0.2, 0.25) is 0 Å². The first-order valence-corrected chi connectivity index (χ1v) is 13.0. The minimum absolute atomic E-state index is 0.226. The minimum atomic E-state index is -3.78. The van der Waals surface area contributed by atoms with E-state index in [4.69, 9.17) is 0 Å². The monoisotopic (exact) mass is 478 g/mol. The van der Waals surface area contributed by atoms with Crippen LogP contribution in [-0.4, -0.2) is 32.4 Å². The van der Waals surface area contributed by atoms with Crippen LogP contribution >= 0.6 is 0 Å². The highest BCUT2D eigenvalue weighted by Gasteiger charge is 2.19. The molecule has 1 aliphatic heterocycles. The SMILES string of the molecule is Cc1ccc(C)c(S(=O)(=O)Nc2cccc(C(=O)NCc3cccnc3N3CCCCC3)c2)c1. The molecule has 34 heavy (non-hydrogen) atoms. The lowest BCUT2D eigenvalue weighted by Crippen LogP contribution is -2.32. The number of aromatic nitrogens is 1. The highest BCUT2D eigenvalue weighted by atomic mass is 32.2. The number of nitrogens with zero attached hydrogens (tertiary/aromatic N) is 2. The van der Waals surface area contributed by atoms with Crippen molar-refractivity contribution in [3.63, 3.8) is 0 Å². The molecule has 3 aromatic rings. The van der Waals surface area contributed by atoms with Crippen molar-refractivity contribution >= 4 is 27.4 Å². The summed E-state index contributed by atoms with van der Waals surface area (Å²) in [6, 6.07) is 15.7. The second-order valence-corrected chi connectivity index (χ2v) is 10.3. The predicted octanol–water partition coefficient (Wildman–Crippen LogP) is 4.42. The van der Waals surface area contributed by atoms with Crippen LogP contribution in [0.3, 0.4) is 0 Å². The molecule has 1 saturated heterocycles. The fourth-order valence-corrected chi connectivity index (χ4v) is 5.55. The fourth-order valence-electron chi connectivity index (χ4n) is 4.17. The quantitative estimate of drug-likeness (QED) is 0.525. The number of anilines is 2. The molecule has 7 nitrogen and oxygen atoms in total. The predicted molar refractivity (Wildman–Crippen MR) is 135 cm³/mol. The third-order valence-electron chi connectivity index (χ3n) is 5.97. The first-order chi connectivity index (χ1) is 16.3. The number of carbonyl (C=O) groups excluding carboxylic acids is 1. The molecule has 178 valence electrons. The van der Waals surface area contributed by atoms with Crippen LogP contribution in [0, 0.1) is 13.8 Å². The van der Waals surface area contributed by atoms with Gasteiger partial charge < -0.3 is 10.2 Å². The van der Waals surface area contributed by atoms with Gasteiger partial charge in [-0.15, -0.1) is 0 Å². The Balaban J connectivity index is 1.46. The number of sulfonamides is 1. The van der Waals surface area contributed by atoms with Gasteiger partial charge in [0, 0.05) is 42.6 Å². The number of rotatable bonds is 7. The standard InChI is InChI=1S/C26H30N4O3S/c1-19-11-12-20(2)24(16-19)34(32,33)29-23-10-6-8-21(17-23)26(31)28-18-22-9-7-13-27-25(22)30-14-4-3-5-15-30/h6-13,16-17,29H,3-5,14-15,18H2,1-2H3,(H,28,31). The van der Waals surface area contributed by atoms with Crippen LogP contribution in [0.4, 0.5) is 11.5 Å². The Kier molecular flexibility index (Phi) is 7.17. The van der Waals surface area contributed by atoms with Gasteiger partial charge in [0.05, 0.1) is 4.90 Å². The number of carbonyl (C=O) groups is 1. The first-order valence-electron chi connectivity index (χ1n) is 11.5. The molecule has 2 N–H and O–H groups in total. The molecular formula is C26H30N4O3S. The molecule has 8 heteroatoms. The van der Waals surface area contributed by atoms with Crippen molar-refractivity contribution in [3.05, 3.63) is 83.0 Å². The maximum atomic E-state index is 12.9. The van der Waals surface area contributed by atoms with E-state index in [1.807, 2.05) is 25.1 Å². The van der Waals surface area contributed by atoms with Crippen LogP contribution in [0.1, 0.15) is 46.3 Å². The van der Waals surface area contributed by atoms with Gasteiger partial charge in [-0.2, -0.15) is 0 Å². The summed E-state index contributed by atoms with van der Waals surface area (Å²) in [4.78, 5) is 19.9. The minimum Gasteiger partial charge on any atom is -0.356 e. The van der Waals surface area contributed by atoms with E-state index >= 15 is 0 Å². The Morgan fingerprint density at radius 3 is 2.59 bits per heavy atom. The average Bonchev–Trinajstić information content (AvgIpc) is 2.84. The Morgan fingerprint density at radius 2 is 1.79 bits per heavy atom. The normalized spacial score (nSPS) is 14.0. The Morgan fingerprint density at radius 1 is 1.00 bits per heavy atom. The molecule has 0 atom stereocenters. The molecule has 0 aliphatic carbocycles. The van der Waals surface area contributed by atoms with Gasteiger partial charge in [0.1, 0.15) is 5.82 Å². The van der Waals surface area contributed by atoms with Crippen molar-refractivity contribution in [1.29, 1.82) is 0 Å². The van der Waals surface area contributed by atoms with E-state index in [-0.39, 0.29) is 10.8 Å². The number of nitrogens with one attached hydrogen (secondary N) is 2. The van der Waals surface area contributed by atoms with Crippen LogP contribution < -0.4 is 14.9 Å². The lowest BCUT2D eigenvalue weighted by Gasteiger charge is -2.29. The van der Waals surface area contributed by atoms with Crippen molar-refractivity contribution in [3.8, 4) is 0 Å². The van der Waals surface area contributed by atoms with E-state index in [9.17, 15) is 13.2 Å². The van der Waals surface area contributed by atoms with E-state index in [0.717, 1.165) is 42.9 Å². The van der Waals surface area contributed by atoms with E-state index < -0.39 is 10.0 Å². The van der Waals surface area contributed by atoms with Gasteiger partial charge in [-0.25, -0.2) is 13.4 Å². The first kappa shape index (κ1) is 23.8. The summed E-state index contributed by atoms with van der Waals surface area (Å²) in [6.07, 6.45) is 5.31. The summed E-state index contributed by atoms with van der Waals surface area (Å²) in [5, 5.41) is 2.95. The van der Waals surface area contributed by atoms with Crippen molar-refractivity contribution in [2.75, 3.05) is 22.7 Å². The highest BCUT2D eigenvalue weighted by molar-refractivity contribution is 7.92. The third-order valence-corrected chi connectivity index (χ3v) is 7.50. The largest absolute Gasteiger partial charge is 0.356 e. The van der Waals surface area contributed by atoms with Crippen LogP contribution in [0.5, 0.6) is 0 Å². The number of amides is 1. The van der Waals surface area contributed by atoms with Gasteiger partial charge in [-0.05, 0) is 74.6 Å². The van der Waals surface area contributed by atoms with Gasteiger partial charge in [0.25, 0.3) is 15.9 Å². The zero-order valence-corrected chi connectivity index (χ0v) is 20.4. The zero-order chi connectivity index (χ0) is 24.1. The molecule has 1 fully saturated rings. The fraction of sp³-hybridized carbons (Fsp3) is 0.308. The number of hydrogen-bond donors (Lipinski definition) is 2. The molecule has 1 aliphatic rings. The zero-order valence-electron chi connectivity index (χ0n) is 19.5. The van der Waals surface area contributed by atoms with Crippen LogP contribution in [0.15, 0.2) is 65.7 Å². The molecule has 4 rings (SSSR count). The van der Waals surface area contributed by atoms with Crippen molar-refractivity contribution in [2.45, 2.75) is 44.6 Å². The summed E-state index contributed by atoms with van der Waals surface area (Å²) >= 11 is 0. The lowest BCUT2D eigenvalue weighted by atomic mass is 10.1. The Labute approximate surface area is 201 Å². The van der Waals surface area contributed by atoms with E-state index in [1.54, 1.807) is 49.5 Å². The maximum absolute atomic E-state index is 12.9. The number of aryl methyl sites for hydroxylation is 2. The molecule has 2 heterocycles. The molecule has 0 radical (unpaired) electrons. The summed E-state index contributed by atoms with van der Waals surface area (Å²) in [5.41, 5.74) is 3.20. The van der Waals surface area contributed by atoms with E-state index in [1.165, 1.54) is 6.42 Å². The molecule has 0 spiro atoms. The molecule has 2 aromatic carbocycles. The van der Waals surface area contributed by atoms with Crippen molar-refractivity contribution < 1.29 is 13.2 Å². The van der Waals surface area contributed by atoms with Gasteiger partial charge in [0.2, 0.25) is 0 Å². The molecule has 0 unspecified atom stereocenters. The van der Waals surface area contributed by atoms with Crippen LogP contribution in [0.25, 0.3) is 0 Å². The lowest BCUT2D eigenvalue weighted by molar-refractivity contribution is 0.0951. The van der Waals surface area contributed by atoms with E-state index in [2.05, 4.69) is 19.9 Å². The maximum Gasteiger partial charge on any atom is 0.262 e. The summed E-state index contributed by atoms with van der Waals surface area (Å²) in [5.74, 6) is 0.638. The molecule has 1 aromatic heterocycles. The summed E-state index contributed by atoms with van der Waals surface area (Å²) in [6.45, 7) is 5.90. The van der Waals surface area contributed by atoms with Crippen molar-refractivity contribution in [2.24, 2.45) is 0 Å². The molecule has 0 bridgehead atoms. The molecule has 1 amide bonds. The second-order valence-electron chi connectivity index (χ2n) is 8.67. The average molecular weight is 479 g/mol. The van der Waals surface area contributed by atoms with Gasteiger partial charge in [-0.1, -0.05) is 24.3 Å². The number of benzene rings is 2. The molecule has 0 saturated carbocycles. The topological polar surface area (TPSA) is 91.4 Å². The van der Waals surface area contributed by atoms with Crippen LogP contribution in [-0.2, 0) is 16.6 Å². The van der Waals surface area contributed by atoms with Gasteiger partial charge in [0.15, 0.2) is 0 Å². The highest BCUT2D eigenvalue weighted by Crippen LogP contribution is 2.23. The van der Waals surface area contributed by atoms with Gasteiger partial charge >= 0.3 is 0 Å². The number of hydrogen-bond acceptors (Lipinski definition) is 5. The Hall–Kier alpha value is -3.39. The summed E-state index contributed by atoms with van der Waals surface area (Å²) in [7, 11) is -3.78. The Bertz CT molecular complexity index is 1280. The van der Waals surface area contributed by atoms with Gasteiger partial charge in [-0.3, -0.25) is 9.52 Å². The number of pyridine rings is 1. The molecular weight excluding hydrogens is 448 g/mol. The number of piperidine rings is 1. The third kappa shape index (κ3) is 5.56. The summed E-state index contributed by atoms with van der Waals surface area (Å²) < 4.78 is 28.5.